The first-order valence-corrected chi connectivity index (χ1v) is 1.72. The van der Waals surface area contributed by atoms with Crippen LogP contribution in [0.3, 0.4) is 0 Å². The van der Waals surface area contributed by atoms with E-state index in [0.717, 1.165) is 6.42 Å². The van der Waals surface area contributed by atoms with Crippen LogP contribution in [0.1, 0.15) is 13.8 Å². The number of allylic oxidation sites excluding steroid dienone is 4. The van der Waals surface area contributed by atoms with E-state index in [2.05, 4.69) is 12.2 Å². The maximum absolute atomic E-state index is 2.99. The van der Waals surface area contributed by atoms with Gasteiger partial charge in [0.2, 0.25) is 0 Å². The van der Waals surface area contributed by atoms with Gasteiger partial charge < -0.3 is 0 Å². The van der Waals surface area contributed by atoms with E-state index in [1.807, 2.05) is 12.2 Å². The molecule has 0 aromatic rings. The Morgan fingerprint density at radius 1 is 1.22 bits per heavy atom. The van der Waals surface area contributed by atoms with Gasteiger partial charge in [0, 0.05) is 21.7 Å². The Kier molecular flexibility index (Phi) is 39.9. The zero-order valence-corrected chi connectivity index (χ0v) is 7.45. The Morgan fingerprint density at radius 3 is 1.89 bits per heavy atom. The largest absolute Gasteiger partial charge is 0.273 e. The molecule has 0 fully saturated rings. The molecule has 0 nitrogen and oxygen atoms in total. The number of rotatable bonds is 0. The van der Waals surface area contributed by atoms with Gasteiger partial charge in [0.05, 0.1) is 0 Å². The minimum Gasteiger partial charge on any atom is -0.273 e. The summed E-state index contributed by atoms with van der Waals surface area (Å²) in [5, 5.41) is 0. The standard InChI is InChI=1S/C5H5.CH4.2ClH.Ti/c1-2-4-5-3-1;;;;/h1-3H,4H2;1H4;2*1H;/q-1;;;;. The van der Waals surface area contributed by atoms with E-state index >= 15 is 0 Å². The average molecular weight is 202 g/mol. The molecule has 0 heterocycles. The van der Waals surface area contributed by atoms with Gasteiger partial charge in [-0.1, -0.05) is 7.43 Å². The maximum atomic E-state index is 2.99. The van der Waals surface area contributed by atoms with E-state index in [1.54, 1.807) is 0 Å². The van der Waals surface area contributed by atoms with Gasteiger partial charge in [-0.3, -0.25) is 6.08 Å². The molecule has 0 aromatic heterocycles. The summed E-state index contributed by atoms with van der Waals surface area (Å²) in [6.07, 6.45) is 10.0. The van der Waals surface area contributed by atoms with E-state index in [1.165, 1.54) is 0 Å². The quantitative estimate of drug-likeness (QED) is 0.418. The summed E-state index contributed by atoms with van der Waals surface area (Å²) in [5.41, 5.74) is 0. The fourth-order valence-corrected chi connectivity index (χ4v) is 0.340. The van der Waals surface area contributed by atoms with Crippen molar-refractivity contribution >= 4 is 24.8 Å². The predicted molar refractivity (Wildman–Crippen MR) is 42.8 cm³/mol. The average Bonchev–Trinajstić information content (AvgIpc) is 1.76. The zero-order valence-electron chi connectivity index (χ0n) is 4.26. The van der Waals surface area contributed by atoms with Crippen molar-refractivity contribution in [2.45, 2.75) is 13.8 Å². The predicted octanol–water partition coefficient (Wildman–Crippen LogP) is 2.78. The summed E-state index contributed by atoms with van der Waals surface area (Å²) in [6.45, 7) is 0. The number of hydrogen-bond donors (Lipinski definition) is 0. The third-order valence-corrected chi connectivity index (χ3v) is 0.586. The molecule has 0 atom stereocenters. The van der Waals surface area contributed by atoms with Gasteiger partial charge in [-0.2, -0.15) is 6.08 Å². The fourth-order valence-electron chi connectivity index (χ4n) is 0.340. The van der Waals surface area contributed by atoms with Crippen LogP contribution in [-0.4, -0.2) is 0 Å². The molecule has 0 saturated carbocycles. The first-order valence-electron chi connectivity index (χ1n) is 1.72. The third kappa shape index (κ3) is 12.1. The van der Waals surface area contributed by atoms with Crippen LogP contribution in [0.5, 0.6) is 0 Å². The second-order valence-corrected chi connectivity index (χ2v) is 1.00. The molecule has 0 spiro atoms. The van der Waals surface area contributed by atoms with Crippen molar-refractivity contribution in [1.29, 1.82) is 0 Å². The molecule has 1 aliphatic rings. The fraction of sp³-hybridized carbons (Fsp3) is 0.333. The Morgan fingerprint density at radius 2 is 1.78 bits per heavy atom. The molecule has 0 radical (unpaired) electrons. The van der Waals surface area contributed by atoms with Gasteiger partial charge in [0.15, 0.2) is 0 Å². The first-order chi connectivity index (χ1) is 2.50. The van der Waals surface area contributed by atoms with E-state index < -0.39 is 0 Å². The molecule has 0 bridgehead atoms. The van der Waals surface area contributed by atoms with Crippen LogP contribution in [0, 0.1) is 6.08 Å². The molecule has 3 heteroatoms. The molecule has 0 saturated heterocycles. The summed E-state index contributed by atoms with van der Waals surface area (Å²) in [7, 11) is 0. The molecule has 0 N–H and O–H groups in total. The van der Waals surface area contributed by atoms with Crippen LogP contribution in [0.15, 0.2) is 18.2 Å². The Labute approximate surface area is 84.5 Å². The van der Waals surface area contributed by atoms with Crippen molar-refractivity contribution < 1.29 is 21.7 Å². The Bertz CT molecular complexity index is 69.1. The second-order valence-electron chi connectivity index (χ2n) is 1.00. The maximum Gasteiger partial charge on any atom is 0 e. The van der Waals surface area contributed by atoms with Crippen molar-refractivity contribution in [3.8, 4) is 0 Å². The normalized spacial score (nSPS) is 9.78. The van der Waals surface area contributed by atoms with Crippen LogP contribution in [0.2, 0.25) is 0 Å². The van der Waals surface area contributed by atoms with E-state index in [-0.39, 0.29) is 54.0 Å². The number of hydrogen-bond acceptors (Lipinski definition) is 0. The summed E-state index contributed by atoms with van der Waals surface area (Å²) >= 11 is 0. The molecular formula is C6H11Cl2Ti-. The topological polar surface area (TPSA) is 0 Å². The smallest absolute Gasteiger partial charge is 0 e. The second kappa shape index (κ2) is 15.9. The molecule has 1 aliphatic carbocycles. The Hall–Kier alpha value is 0.774. The van der Waals surface area contributed by atoms with Crippen LogP contribution in [0.25, 0.3) is 0 Å². The van der Waals surface area contributed by atoms with Gasteiger partial charge in [-0.15, -0.1) is 31.2 Å². The monoisotopic (exact) mass is 201 g/mol. The van der Waals surface area contributed by atoms with Gasteiger partial charge in [0.1, 0.15) is 0 Å². The summed E-state index contributed by atoms with van der Waals surface area (Å²) < 4.78 is 0. The molecule has 0 amide bonds. The van der Waals surface area contributed by atoms with Crippen molar-refractivity contribution in [2.24, 2.45) is 0 Å². The molecule has 0 aliphatic heterocycles. The van der Waals surface area contributed by atoms with Crippen LogP contribution in [0.4, 0.5) is 0 Å². The molecule has 9 heavy (non-hydrogen) atoms. The third-order valence-electron chi connectivity index (χ3n) is 0.586. The van der Waals surface area contributed by atoms with Gasteiger partial charge in [-0.05, 0) is 0 Å². The summed E-state index contributed by atoms with van der Waals surface area (Å²) in [5.74, 6) is 0. The van der Waals surface area contributed by atoms with Crippen molar-refractivity contribution in [3.05, 3.63) is 24.3 Å². The van der Waals surface area contributed by atoms with Gasteiger partial charge >= 0.3 is 0 Å². The van der Waals surface area contributed by atoms with E-state index in [9.17, 15) is 0 Å². The Balaban J connectivity index is -0.0000000312. The molecular weight excluding hydrogens is 191 g/mol. The first kappa shape index (κ1) is 22.6. The SMILES string of the molecule is C.Cl.Cl.[C-]1=CC=CC1.[Ti]. The minimum atomic E-state index is 0. The van der Waals surface area contributed by atoms with Crippen molar-refractivity contribution in [1.82, 2.24) is 0 Å². The van der Waals surface area contributed by atoms with E-state index in [0.29, 0.717) is 0 Å². The van der Waals surface area contributed by atoms with Crippen LogP contribution in [-0.2, 0) is 21.7 Å². The number of halogens is 2. The van der Waals surface area contributed by atoms with Crippen molar-refractivity contribution in [3.63, 3.8) is 0 Å². The molecule has 0 unspecified atom stereocenters. The van der Waals surface area contributed by atoms with Crippen LogP contribution < -0.4 is 0 Å². The van der Waals surface area contributed by atoms with Crippen molar-refractivity contribution in [2.75, 3.05) is 0 Å². The molecule has 0 aromatic carbocycles. The van der Waals surface area contributed by atoms with Crippen LogP contribution >= 0.6 is 24.8 Å². The molecule has 54 valence electrons. The van der Waals surface area contributed by atoms with Gasteiger partial charge in [0.25, 0.3) is 0 Å². The summed E-state index contributed by atoms with van der Waals surface area (Å²) in [4.78, 5) is 0. The van der Waals surface area contributed by atoms with E-state index in [4.69, 9.17) is 0 Å². The zero-order chi connectivity index (χ0) is 3.54. The van der Waals surface area contributed by atoms with Gasteiger partial charge in [-0.25, -0.2) is 12.2 Å². The minimum absolute atomic E-state index is 0. The summed E-state index contributed by atoms with van der Waals surface area (Å²) in [6, 6.07) is 0. The molecule has 1 rings (SSSR count).